The average molecular weight is 733 g/mol. The van der Waals surface area contributed by atoms with Crippen molar-refractivity contribution in [3.63, 3.8) is 0 Å². The smallest absolute Gasteiger partial charge is 0.279 e. The van der Waals surface area contributed by atoms with Gasteiger partial charge in [-0.1, -0.05) is 55.5 Å². The molecule has 4 heterocycles. The first kappa shape index (κ1) is 35.0. The number of carbonyl (C=O) groups excluding carboxylic acids is 2. The maximum absolute atomic E-state index is 15.0. The van der Waals surface area contributed by atoms with E-state index in [1.54, 1.807) is 23.0 Å². The third kappa shape index (κ3) is 5.72. The minimum atomic E-state index is -3.05. The minimum absolute atomic E-state index is 0.0341. The molecule has 0 unspecified atom stereocenters. The summed E-state index contributed by atoms with van der Waals surface area (Å²) < 4.78 is 14.1. The first-order valence-electron chi connectivity index (χ1n) is 18.1. The number of H-pyrrole nitrogens is 1. The summed E-state index contributed by atoms with van der Waals surface area (Å²) in [4.78, 5) is 57.5. The molecule has 0 bridgehead atoms. The summed E-state index contributed by atoms with van der Waals surface area (Å²) >= 11 is 0. The number of nitrogens with one attached hydrogen (secondary N) is 1. The highest BCUT2D eigenvalue weighted by Gasteiger charge is 2.66. The van der Waals surface area contributed by atoms with Gasteiger partial charge in [0.25, 0.3) is 11.5 Å². The van der Waals surface area contributed by atoms with Crippen LogP contribution in [0.4, 0.5) is 5.69 Å². The number of aromatic amines is 1. The van der Waals surface area contributed by atoms with E-state index in [-0.39, 0.29) is 43.0 Å². The summed E-state index contributed by atoms with van der Waals surface area (Å²) in [5.41, 5.74) is 3.68. The highest BCUT2D eigenvalue weighted by molar-refractivity contribution is 6.71. The summed E-state index contributed by atoms with van der Waals surface area (Å²) in [5.74, 6) is -0.348. The molecular formula is C41H44N4O7Si. The van der Waals surface area contributed by atoms with Crippen molar-refractivity contribution in [2.75, 3.05) is 18.6 Å². The van der Waals surface area contributed by atoms with Gasteiger partial charge in [0.1, 0.15) is 5.75 Å². The molecule has 3 aliphatic heterocycles. The molecule has 0 radical (unpaired) electrons. The molecular weight excluding hydrogens is 689 g/mol. The highest BCUT2D eigenvalue weighted by Crippen LogP contribution is 2.60. The second-order valence-corrected chi connectivity index (χ2v) is 19.1. The molecule has 5 atom stereocenters. The number of ether oxygens (including phenoxy) is 2. The Morgan fingerprint density at radius 1 is 1.00 bits per heavy atom. The molecule has 53 heavy (non-hydrogen) atoms. The summed E-state index contributed by atoms with van der Waals surface area (Å²) in [5, 5.41) is 14.1. The fourth-order valence-corrected chi connectivity index (χ4v) is 11.6. The largest absolute Gasteiger partial charge is 0.497 e. The molecule has 274 valence electrons. The quantitative estimate of drug-likeness (QED) is 0.191. The number of hydrogen-bond donors (Lipinski definition) is 3. The summed E-state index contributed by atoms with van der Waals surface area (Å²) in [7, 11) is -1.47. The number of rotatable bonds is 8. The van der Waals surface area contributed by atoms with E-state index >= 15 is 0 Å². The van der Waals surface area contributed by atoms with Gasteiger partial charge in [-0.05, 0) is 78.7 Å². The first-order valence-corrected chi connectivity index (χ1v) is 21.1. The zero-order valence-electron chi connectivity index (χ0n) is 30.3. The molecule has 5 aromatic rings. The Bertz CT molecular complexity index is 2280. The van der Waals surface area contributed by atoms with E-state index < -0.39 is 31.5 Å². The number of aromatic nitrogens is 2. The van der Waals surface area contributed by atoms with Crippen molar-refractivity contribution in [1.29, 1.82) is 0 Å². The van der Waals surface area contributed by atoms with Gasteiger partial charge >= 0.3 is 0 Å². The number of para-hydroxylation sites is 1. The third-order valence-electron chi connectivity index (χ3n) is 11.6. The van der Waals surface area contributed by atoms with Gasteiger partial charge in [0.2, 0.25) is 5.91 Å². The van der Waals surface area contributed by atoms with E-state index in [1.165, 1.54) is 4.68 Å². The van der Waals surface area contributed by atoms with Crippen LogP contribution in [0.15, 0.2) is 95.8 Å². The second kappa shape index (κ2) is 13.1. The van der Waals surface area contributed by atoms with Gasteiger partial charge in [-0.3, -0.25) is 19.5 Å². The summed E-state index contributed by atoms with van der Waals surface area (Å²) in [6.45, 7) is 6.06. The Labute approximate surface area is 308 Å². The number of fused-ring (bicyclic) bond motifs is 4. The Morgan fingerprint density at radius 3 is 2.42 bits per heavy atom. The third-order valence-corrected chi connectivity index (χ3v) is 14.1. The predicted molar refractivity (Wildman–Crippen MR) is 203 cm³/mol. The molecule has 0 aliphatic carbocycles. The molecule has 3 N–H and O–H groups in total. The standard InChI is InChI=1S/C41H44N4O7Si/c1-25-38(53(3,4)50)36(21-37(47)43-23-28-10-6-5-9-27(28)19-30(43)24-46)52-41(25)33-20-31(51-2)17-18-35(33)44(40(41)49)22-26-13-15-29(16-14-26)45-39(48)32-11-7-8-12-34(32)42-45/h5-18,20,25,30,36,38,42,46,50H,19,21-24H2,1-4H3/t25-,30-,36+,38-,41+/m0/s1. The number of hydrogen-bond acceptors (Lipinski definition) is 7. The summed E-state index contributed by atoms with van der Waals surface area (Å²) in [6.07, 6.45) is -0.223. The zero-order valence-corrected chi connectivity index (χ0v) is 31.3. The van der Waals surface area contributed by atoms with E-state index in [0.717, 1.165) is 22.2 Å². The molecule has 3 aliphatic rings. The van der Waals surface area contributed by atoms with Crippen LogP contribution in [0.2, 0.25) is 18.6 Å². The van der Waals surface area contributed by atoms with Crippen LogP contribution in [-0.4, -0.2) is 70.6 Å². The van der Waals surface area contributed by atoms with Gasteiger partial charge in [0, 0.05) is 23.6 Å². The number of anilines is 1. The maximum atomic E-state index is 15.0. The second-order valence-electron chi connectivity index (χ2n) is 15.1. The molecule has 8 rings (SSSR count). The lowest BCUT2D eigenvalue weighted by Crippen LogP contribution is -2.48. The van der Waals surface area contributed by atoms with Crippen LogP contribution in [0, 0.1) is 5.92 Å². The normalized spacial score (nSPS) is 23.8. The van der Waals surface area contributed by atoms with Crippen LogP contribution in [0.5, 0.6) is 5.75 Å². The SMILES string of the molecule is COc1ccc2c(c1)[C@@]1(O[C@H](CC(=O)N3Cc4ccccc4C[C@H]3CO)[C@@H]([Si](C)(C)O)[C@@H]1C)C(=O)N2Cc1ccc(-n2[nH]c3ccccc3c2=O)cc1. The van der Waals surface area contributed by atoms with Crippen molar-refractivity contribution in [2.45, 2.75) is 69.2 Å². The zero-order chi connectivity index (χ0) is 37.2. The average Bonchev–Trinajstić information content (AvgIpc) is 3.74. The van der Waals surface area contributed by atoms with Crippen LogP contribution in [0.3, 0.4) is 0 Å². The molecule has 1 saturated heterocycles. The van der Waals surface area contributed by atoms with E-state index in [1.807, 2.05) is 105 Å². The molecule has 0 saturated carbocycles. The topological polar surface area (TPSA) is 137 Å². The van der Waals surface area contributed by atoms with Crippen LogP contribution >= 0.6 is 0 Å². The van der Waals surface area contributed by atoms with Gasteiger partial charge in [-0.15, -0.1) is 0 Å². The van der Waals surface area contributed by atoms with Crippen molar-refractivity contribution in [3.05, 3.63) is 124 Å². The number of benzene rings is 4. The van der Waals surface area contributed by atoms with Crippen molar-refractivity contribution in [3.8, 4) is 11.4 Å². The minimum Gasteiger partial charge on any atom is -0.497 e. The summed E-state index contributed by atoms with van der Waals surface area (Å²) in [6, 6.07) is 27.9. The number of methoxy groups -OCH3 is 1. The van der Waals surface area contributed by atoms with Crippen molar-refractivity contribution in [2.24, 2.45) is 5.92 Å². The Hall–Kier alpha value is -5.01. The highest BCUT2D eigenvalue weighted by atomic mass is 28.4. The van der Waals surface area contributed by atoms with E-state index in [0.29, 0.717) is 41.0 Å². The van der Waals surface area contributed by atoms with Crippen LogP contribution in [0.25, 0.3) is 16.6 Å². The maximum Gasteiger partial charge on any atom is 0.279 e. The van der Waals surface area contributed by atoms with Gasteiger partial charge in [-0.2, -0.15) is 0 Å². The molecule has 11 nitrogen and oxygen atoms in total. The fraction of sp³-hybridized carbons (Fsp3) is 0.341. The Morgan fingerprint density at radius 2 is 1.72 bits per heavy atom. The van der Waals surface area contributed by atoms with Crippen molar-refractivity contribution in [1.82, 2.24) is 14.7 Å². The van der Waals surface area contributed by atoms with Crippen molar-refractivity contribution >= 4 is 36.7 Å². The van der Waals surface area contributed by atoms with Gasteiger partial charge in [-0.25, -0.2) is 4.68 Å². The monoisotopic (exact) mass is 732 g/mol. The predicted octanol–water partition coefficient (Wildman–Crippen LogP) is 5.01. The van der Waals surface area contributed by atoms with E-state index in [2.05, 4.69) is 5.10 Å². The van der Waals surface area contributed by atoms with Crippen molar-refractivity contribution < 1.29 is 29.0 Å². The van der Waals surface area contributed by atoms with Gasteiger partial charge in [0.05, 0.1) is 61.1 Å². The van der Waals surface area contributed by atoms with Crippen LogP contribution in [0.1, 0.15) is 35.6 Å². The lowest BCUT2D eigenvalue weighted by atomic mass is 9.82. The molecule has 1 fully saturated rings. The van der Waals surface area contributed by atoms with Gasteiger partial charge < -0.3 is 29.2 Å². The Kier molecular flexibility index (Phi) is 8.68. The number of nitrogens with zero attached hydrogens (tertiary/aromatic N) is 3. The first-order chi connectivity index (χ1) is 25.4. The number of aliphatic hydroxyl groups is 1. The Balaban J connectivity index is 1.11. The fourth-order valence-electron chi connectivity index (χ4n) is 9.05. The van der Waals surface area contributed by atoms with Crippen LogP contribution in [-0.2, 0) is 39.4 Å². The van der Waals surface area contributed by atoms with Gasteiger partial charge in [0.15, 0.2) is 13.9 Å². The van der Waals surface area contributed by atoms with E-state index in [9.17, 15) is 24.3 Å². The lowest BCUT2D eigenvalue weighted by Gasteiger charge is -2.37. The number of aliphatic hydroxyl groups excluding tert-OH is 1. The molecule has 1 spiro atoms. The molecule has 12 heteroatoms. The number of amides is 2. The van der Waals surface area contributed by atoms with Crippen LogP contribution < -0.4 is 15.2 Å². The molecule has 1 aromatic heterocycles. The molecule has 4 aromatic carbocycles. The molecule has 2 amide bonds. The number of carbonyl (C=O) groups is 2. The van der Waals surface area contributed by atoms with E-state index in [4.69, 9.17) is 9.47 Å². The lowest BCUT2D eigenvalue weighted by molar-refractivity contribution is -0.151.